The van der Waals surface area contributed by atoms with Gasteiger partial charge in [-0.1, -0.05) is 68.4 Å². The minimum absolute atomic E-state index is 0.0736. The Balaban J connectivity index is 1.53. The van der Waals surface area contributed by atoms with Gasteiger partial charge in [0.2, 0.25) is 11.7 Å². The number of hydrogen-bond donors (Lipinski definition) is 1. The quantitative estimate of drug-likeness (QED) is 0.697. The predicted molar refractivity (Wildman–Crippen MR) is 107 cm³/mol. The molecular formula is C22H25N3O3. The lowest BCUT2D eigenvalue weighted by Crippen LogP contribution is -2.36. The molecule has 146 valence electrons. The summed E-state index contributed by atoms with van der Waals surface area (Å²) in [6, 6.07) is 17.3. The molecule has 1 amide bonds. The molecule has 1 N–H and O–H groups in total. The molecule has 1 heterocycles. The maximum atomic E-state index is 12.3. The number of amides is 1. The van der Waals surface area contributed by atoms with Crippen molar-refractivity contribution in [3.05, 3.63) is 66.1 Å². The summed E-state index contributed by atoms with van der Waals surface area (Å²) in [5, 5.41) is 6.70. The summed E-state index contributed by atoms with van der Waals surface area (Å²) < 4.78 is 10.9. The van der Waals surface area contributed by atoms with E-state index >= 15 is 0 Å². The second kappa shape index (κ2) is 8.25. The SMILES string of the molecule is C[C@@H](Oc1ccc(C(C)(C)C)cc1)C(=O)NCc1nc(-c2ccccc2)no1. The number of hydrogen-bond acceptors (Lipinski definition) is 5. The van der Waals surface area contributed by atoms with Crippen molar-refractivity contribution in [1.82, 2.24) is 15.5 Å². The Labute approximate surface area is 164 Å². The van der Waals surface area contributed by atoms with E-state index in [-0.39, 0.29) is 17.9 Å². The van der Waals surface area contributed by atoms with Gasteiger partial charge >= 0.3 is 0 Å². The molecule has 0 fully saturated rings. The number of benzene rings is 2. The predicted octanol–water partition coefficient (Wildman–Crippen LogP) is 4.12. The van der Waals surface area contributed by atoms with Crippen LogP contribution in [0, 0.1) is 0 Å². The van der Waals surface area contributed by atoms with E-state index in [4.69, 9.17) is 9.26 Å². The maximum absolute atomic E-state index is 12.3. The lowest BCUT2D eigenvalue weighted by atomic mass is 9.87. The Kier molecular flexibility index (Phi) is 5.78. The van der Waals surface area contributed by atoms with Crippen molar-refractivity contribution in [3.8, 4) is 17.1 Å². The van der Waals surface area contributed by atoms with Crippen LogP contribution < -0.4 is 10.1 Å². The van der Waals surface area contributed by atoms with Crippen LogP contribution in [-0.2, 0) is 16.8 Å². The molecule has 0 aliphatic heterocycles. The minimum Gasteiger partial charge on any atom is -0.481 e. The Hall–Kier alpha value is -3.15. The first kappa shape index (κ1) is 19.6. The first-order valence-electron chi connectivity index (χ1n) is 9.26. The number of nitrogens with one attached hydrogen (secondary N) is 1. The van der Waals surface area contributed by atoms with E-state index in [2.05, 4.69) is 36.2 Å². The number of aromatic nitrogens is 2. The number of rotatable bonds is 6. The Morgan fingerprint density at radius 2 is 1.79 bits per heavy atom. The van der Waals surface area contributed by atoms with Gasteiger partial charge in [-0.3, -0.25) is 4.79 Å². The van der Waals surface area contributed by atoms with Gasteiger partial charge in [0.1, 0.15) is 5.75 Å². The summed E-state index contributed by atoms with van der Waals surface area (Å²) in [6.07, 6.45) is -0.642. The number of nitrogens with zero attached hydrogens (tertiary/aromatic N) is 2. The minimum atomic E-state index is -0.642. The molecule has 0 radical (unpaired) electrons. The van der Waals surface area contributed by atoms with Crippen molar-refractivity contribution in [3.63, 3.8) is 0 Å². The van der Waals surface area contributed by atoms with Crippen molar-refractivity contribution in [2.24, 2.45) is 0 Å². The molecule has 1 atom stereocenters. The van der Waals surface area contributed by atoms with E-state index in [9.17, 15) is 4.79 Å². The van der Waals surface area contributed by atoms with Crippen LogP contribution >= 0.6 is 0 Å². The van der Waals surface area contributed by atoms with Gasteiger partial charge in [-0.15, -0.1) is 0 Å². The lowest BCUT2D eigenvalue weighted by molar-refractivity contribution is -0.127. The topological polar surface area (TPSA) is 77.2 Å². The zero-order valence-corrected chi connectivity index (χ0v) is 16.6. The molecule has 0 aliphatic carbocycles. The highest BCUT2D eigenvalue weighted by atomic mass is 16.5. The summed E-state index contributed by atoms with van der Waals surface area (Å²) in [5.41, 5.74) is 2.14. The van der Waals surface area contributed by atoms with Crippen molar-refractivity contribution in [2.45, 2.75) is 45.8 Å². The van der Waals surface area contributed by atoms with E-state index in [0.29, 0.717) is 17.5 Å². The molecule has 1 aromatic heterocycles. The van der Waals surface area contributed by atoms with Crippen molar-refractivity contribution < 1.29 is 14.1 Å². The Morgan fingerprint density at radius 1 is 1.11 bits per heavy atom. The molecule has 0 bridgehead atoms. The highest BCUT2D eigenvalue weighted by Gasteiger charge is 2.17. The molecule has 6 heteroatoms. The van der Waals surface area contributed by atoms with Gasteiger partial charge < -0.3 is 14.6 Å². The molecule has 3 rings (SSSR count). The van der Waals surface area contributed by atoms with Crippen LogP contribution in [0.2, 0.25) is 0 Å². The van der Waals surface area contributed by atoms with Gasteiger partial charge in [0.25, 0.3) is 5.91 Å². The Morgan fingerprint density at radius 3 is 2.43 bits per heavy atom. The third kappa shape index (κ3) is 4.97. The van der Waals surface area contributed by atoms with E-state index in [1.54, 1.807) is 6.92 Å². The zero-order chi connectivity index (χ0) is 20.1. The first-order valence-corrected chi connectivity index (χ1v) is 9.26. The largest absolute Gasteiger partial charge is 0.481 e. The van der Waals surface area contributed by atoms with Crippen LogP contribution in [0.4, 0.5) is 0 Å². The summed E-state index contributed by atoms with van der Waals surface area (Å²) in [7, 11) is 0. The molecular weight excluding hydrogens is 354 g/mol. The van der Waals surface area contributed by atoms with Crippen LogP contribution in [0.3, 0.4) is 0 Å². The van der Waals surface area contributed by atoms with Crippen LogP contribution in [0.1, 0.15) is 39.1 Å². The maximum Gasteiger partial charge on any atom is 0.261 e. The van der Waals surface area contributed by atoms with Crippen LogP contribution in [0.5, 0.6) is 5.75 Å². The second-order valence-electron chi connectivity index (χ2n) is 7.63. The molecule has 3 aromatic rings. The fourth-order valence-electron chi connectivity index (χ4n) is 2.63. The van der Waals surface area contributed by atoms with Crippen LogP contribution in [0.15, 0.2) is 59.1 Å². The molecule has 6 nitrogen and oxygen atoms in total. The Bertz CT molecular complexity index is 912. The lowest BCUT2D eigenvalue weighted by Gasteiger charge is -2.20. The molecule has 0 saturated heterocycles. The molecule has 2 aromatic carbocycles. The molecule has 0 spiro atoms. The highest BCUT2D eigenvalue weighted by molar-refractivity contribution is 5.80. The fourth-order valence-corrected chi connectivity index (χ4v) is 2.63. The van der Waals surface area contributed by atoms with E-state index in [0.717, 1.165) is 5.56 Å². The van der Waals surface area contributed by atoms with Gasteiger partial charge in [-0.05, 0) is 30.0 Å². The monoisotopic (exact) mass is 379 g/mol. The molecule has 28 heavy (non-hydrogen) atoms. The number of carbonyl (C=O) groups excluding carboxylic acids is 1. The third-order valence-electron chi connectivity index (χ3n) is 4.32. The zero-order valence-electron chi connectivity index (χ0n) is 16.6. The highest BCUT2D eigenvalue weighted by Crippen LogP contribution is 2.24. The van der Waals surface area contributed by atoms with Gasteiger partial charge in [0.15, 0.2) is 6.10 Å². The van der Waals surface area contributed by atoms with Gasteiger partial charge in [-0.25, -0.2) is 0 Å². The third-order valence-corrected chi connectivity index (χ3v) is 4.32. The number of ether oxygens (including phenoxy) is 1. The van der Waals surface area contributed by atoms with E-state index in [1.807, 2.05) is 54.6 Å². The standard InChI is InChI=1S/C22H25N3O3/c1-15(27-18-12-10-17(11-13-18)22(2,3)4)21(26)23-14-19-24-20(25-28-19)16-8-6-5-7-9-16/h5-13,15H,14H2,1-4H3,(H,23,26)/t15-/m1/s1. The molecule has 0 unspecified atom stereocenters. The normalized spacial score (nSPS) is 12.4. The fraction of sp³-hybridized carbons (Fsp3) is 0.318. The second-order valence-corrected chi connectivity index (χ2v) is 7.63. The van der Waals surface area contributed by atoms with Gasteiger partial charge in [0, 0.05) is 5.56 Å². The summed E-state index contributed by atoms with van der Waals surface area (Å²) >= 11 is 0. The van der Waals surface area contributed by atoms with E-state index < -0.39 is 6.10 Å². The van der Waals surface area contributed by atoms with Gasteiger partial charge in [-0.2, -0.15) is 4.98 Å². The number of carbonyl (C=O) groups is 1. The summed E-state index contributed by atoms with van der Waals surface area (Å²) in [4.78, 5) is 16.6. The molecule has 0 aliphatic rings. The average molecular weight is 379 g/mol. The van der Waals surface area contributed by atoms with Crippen LogP contribution in [-0.4, -0.2) is 22.2 Å². The summed E-state index contributed by atoms with van der Waals surface area (Å²) in [5.74, 6) is 1.24. The molecule has 0 saturated carbocycles. The summed E-state index contributed by atoms with van der Waals surface area (Å²) in [6.45, 7) is 8.31. The van der Waals surface area contributed by atoms with Crippen molar-refractivity contribution >= 4 is 5.91 Å². The van der Waals surface area contributed by atoms with E-state index in [1.165, 1.54) is 5.56 Å². The van der Waals surface area contributed by atoms with Crippen molar-refractivity contribution in [1.29, 1.82) is 0 Å². The van der Waals surface area contributed by atoms with Gasteiger partial charge in [0.05, 0.1) is 6.54 Å². The smallest absolute Gasteiger partial charge is 0.261 e. The average Bonchev–Trinajstić information content (AvgIpc) is 3.15. The van der Waals surface area contributed by atoms with Crippen molar-refractivity contribution in [2.75, 3.05) is 0 Å². The first-order chi connectivity index (χ1) is 13.3. The van der Waals surface area contributed by atoms with Crippen LogP contribution in [0.25, 0.3) is 11.4 Å².